The minimum absolute atomic E-state index is 0. The van der Waals surface area contributed by atoms with Crippen molar-refractivity contribution >= 4 is 29.9 Å². The van der Waals surface area contributed by atoms with Crippen LogP contribution in [0.25, 0.3) is 0 Å². The maximum Gasteiger partial charge on any atom is 0.191 e. The molecule has 6 nitrogen and oxygen atoms in total. The molecule has 1 aliphatic rings. The number of furan rings is 1. The van der Waals surface area contributed by atoms with E-state index in [-0.39, 0.29) is 36.1 Å². The smallest absolute Gasteiger partial charge is 0.191 e. The van der Waals surface area contributed by atoms with Gasteiger partial charge in [-0.2, -0.15) is 0 Å². The van der Waals surface area contributed by atoms with Gasteiger partial charge in [-0.3, -0.25) is 4.90 Å². The second-order valence-electron chi connectivity index (χ2n) is 8.03. The van der Waals surface area contributed by atoms with Crippen LogP contribution in [0.2, 0.25) is 0 Å². The quantitative estimate of drug-likeness (QED) is 0.260. The average Bonchev–Trinajstić information content (AvgIpc) is 3.46. The first kappa shape index (κ1) is 25.7. The van der Waals surface area contributed by atoms with Crippen LogP contribution in [-0.2, 0) is 17.9 Å². The van der Waals surface area contributed by atoms with E-state index < -0.39 is 0 Å². The number of likely N-dealkylation sites (tertiary alicyclic amines) is 1. The molecule has 0 radical (unpaired) electrons. The van der Waals surface area contributed by atoms with Crippen molar-refractivity contribution in [1.82, 2.24) is 15.5 Å². The fourth-order valence-electron chi connectivity index (χ4n) is 3.73. The molecule has 1 aromatic heterocycles. The summed E-state index contributed by atoms with van der Waals surface area (Å²) in [6.07, 6.45) is 4.49. The third-order valence-corrected chi connectivity index (χ3v) is 5.25. The first-order chi connectivity index (χ1) is 14.7. The van der Waals surface area contributed by atoms with Crippen LogP contribution in [0, 0.1) is 0 Å². The van der Waals surface area contributed by atoms with Crippen molar-refractivity contribution in [2.75, 3.05) is 26.2 Å². The Kier molecular flexibility index (Phi) is 11.4. The predicted molar refractivity (Wildman–Crippen MR) is 137 cm³/mol. The van der Waals surface area contributed by atoms with E-state index in [0.29, 0.717) is 13.2 Å². The third kappa shape index (κ3) is 8.46. The molecule has 1 aromatic carbocycles. The number of halogens is 1. The zero-order valence-corrected chi connectivity index (χ0v) is 21.3. The van der Waals surface area contributed by atoms with Gasteiger partial charge in [0.1, 0.15) is 5.76 Å². The van der Waals surface area contributed by atoms with E-state index in [4.69, 9.17) is 14.1 Å². The highest BCUT2D eigenvalue weighted by Crippen LogP contribution is 2.24. The number of hydrogen-bond donors (Lipinski definition) is 2. The molecule has 3 rings (SSSR count). The molecule has 7 heteroatoms. The average molecular weight is 540 g/mol. The molecule has 1 saturated heterocycles. The Morgan fingerprint density at radius 3 is 2.58 bits per heavy atom. The zero-order chi connectivity index (χ0) is 21.2. The van der Waals surface area contributed by atoms with Gasteiger partial charge in [-0.15, -0.1) is 24.0 Å². The molecule has 0 aliphatic carbocycles. The van der Waals surface area contributed by atoms with Crippen LogP contribution in [0.4, 0.5) is 0 Å². The van der Waals surface area contributed by atoms with Gasteiger partial charge in [0.2, 0.25) is 0 Å². The molecule has 31 heavy (non-hydrogen) atoms. The molecular formula is C24H37IN4O2. The molecule has 0 spiro atoms. The SMILES string of the molecule is CCNC(=NCc1cccc(COC(C)C)c1)NCC(c1ccco1)N1CCCC1.I. The Labute approximate surface area is 203 Å². The second-order valence-corrected chi connectivity index (χ2v) is 8.03. The summed E-state index contributed by atoms with van der Waals surface area (Å²) in [6.45, 7) is 11.3. The maximum absolute atomic E-state index is 5.73. The van der Waals surface area contributed by atoms with Crippen LogP contribution in [0.1, 0.15) is 56.5 Å². The first-order valence-corrected chi connectivity index (χ1v) is 11.1. The highest BCUT2D eigenvalue weighted by Gasteiger charge is 2.25. The number of aliphatic imine (C=N–C) groups is 1. The van der Waals surface area contributed by atoms with Gasteiger partial charge in [0.05, 0.1) is 31.6 Å². The Morgan fingerprint density at radius 1 is 1.13 bits per heavy atom. The third-order valence-electron chi connectivity index (χ3n) is 5.25. The Bertz CT molecular complexity index is 774. The standard InChI is InChI=1S/C24H36N4O2.HI/c1-4-25-24(26-16-20-9-7-10-21(15-20)18-30-19(2)3)27-17-22(23-11-8-14-29-23)28-12-5-6-13-28;/h7-11,14-15,19,22H,4-6,12-13,16-18H2,1-3H3,(H2,25,26,27);1H. The van der Waals surface area contributed by atoms with Crippen molar-refractivity contribution in [3.63, 3.8) is 0 Å². The van der Waals surface area contributed by atoms with E-state index in [1.807, 2.05) is 6.07 Å². The van der Waals surface area contributed by atoms with Gasteiger partial charge in [-0.1, -0.05) is 24.3 Å². The van der Waals surface area contributed by atoms with Crippen molar-refractivity contribution in [1.29, 1.82) is 0 Å². The van der Waals surface area contributed by atoms with Gasteiger partial charge in [0.25, 0.3) is 0 Å². The molecule has 172 valence electrons. The molecule has 0 bridgehead atoms. The molecule has 2 heterocycles. The van der Waals surface area contributed by atoms with E-state index >= 15 is 0 Å². The number of rotatable bonds is 10. The molecular weight excluding hydrogens is 503 g/mol. The highest BCUT2D eigenvalue weighted by molar-refractivity contribution is 14.0. The topological polar surface area (TPSA) is 62.0 Å². The zero-order valence-electron chi connectivity index (χ0n) is 19.0. The molecule has 2 N–H and O–H groups in total. The van der Waals surface area contributed by atoms with Crippen molar-refractivity contribution in [3.05, 3.63) is 59.5 Å². The molecule has 1 aliphatic heterocycles. The number of ether oxygens (including phenoxy) is 1. The number of guanidine groups is 1. The molecule has 2 aromatic rings. The van der Waals surface area contributed by atoms with E-state index in [9.17, 15) is 0 Å². The molecule has 1 unspecified atom stereocenters. The lowest BCUT2D eigenvalue weighted by Gasteiger charge is -2.26. The van der Waals surface area contributed by atoms with Crippen LogP contribution in [0.5, 0.6) is 0 Å². The molecule has 1 fully saturated rings. The van der Waals surface area contributed by atoms with Crippen LogP contribution < -0.4 is 10.6 Å². The largest absolute Gasteiger partial charge is 0.468 e. The van der Waals surface area contributed by atoms with E-state index in [1.165, 1.54) is 24.0 Å². The maximum atomic E-state index is 5.73. The second kappa shape index (κ2) is 13.8. The van der Waals surface area contributed by atoms with Gasteiger partial charge in [-0.05, 0) is 70.0 Å². The van der Waals surface area contributed by atoms with Gasteiger partial charge >= 0.3 is 0 Å². The lowest BCUT2D eigenvalue weighted by atomic mass is 10.1. The van der Waals surface area contributed by atoms with Crippen molar-refractivity contribution in [2.45, 2.75) is 58.9 Å². The number of nitrogens with one attached hydrogen (secondary N) is 2. The fourth-order valence-corrected chi connectivity index (χ4v) is 3.73. The number of hydrogen-bond acceptors (Lipinski definition) is 4. The van der Waals surface area contributed by atoms with E-state index in [0.717, 1.165) is 37.9 Å². The number of benzene rings is 1. The van der Waals surface area contributed by atoms with Gasteiger partial charge in [0.15, 0.2) is 5.96 Å². The van der Waals surface area contributed by atoms with Crippen LogP contribution in [0.15, 0.2) is 52.1 Å². The van der Waals surface area contributed by atoms with E-state index in [2.05, 4.69) is 66.6 Å². The van der Waals surface area contributed by atoms with Crippen LogP contribution >= 0.6 is 24.0 Å². The summed E-state index contributed by atoms with van der Waals surface area (Å²) in [5.74, 6) is 1.84. The lowest BCUT2D eigenvalue weighted by Crippen LogP contribution is -2.42. The summed E-state index contributed by atoms with van der Waals surface area (Å²) in [4.78, 5) is 7.30. The Hall–Kier alpha value is -1.58. The fraction of sp³-hybridized carbons (Fsp3) is 0.542. The monoisotopic (exact) mass is 540 g/mol. The lowest BCUT2D eigenvalue weighted by molar-refractivity contribution is 0.0657. The first-order valence-electron chi connectivity index (χ1n) is 11.1. The van der Waals surface area contributed by atoms with Gasteiger partial charge in [-0.25, -0.2) is 4.99 Å². The Morgan fingerprint density at radius 2 is 1.90 bits per heavy atom. The van der Waals surface area contributed by atoms with Crippen LogP contribution in [0.3, 0.4) is 0 Å². The van der Waals surface area contributed by atoms with Crippen molar-refractivity contribution in [3.8, 4) is 0 Å². The molecule has 0 amide bonds. The van der Waals surface area contributed by atoms with Gasteiger partial charge in [0, 0.05) is 13.1 Å². The van der Waals surface area contributed by atoms with E-state index in [1.54, 1.807) is 6.26 Å². The van der Waals surface area contributed by atoms with Crippen molar-refractivity contribution in [2.24, 2.45) is 4.99 Å². The van der Waals surface area contributed by atoms with Crippen molar-refractivity contribution < 1.29 is 9.15 Å². The summed E-state index contributed by atoms with van der Waals surface area (Å²) in [6, 6.07) is 12.7. The molecule has 0 saturated carbocycles. The normalized spacial score (nSPS) is 15.7. The summed E-state index contributed by atoms with van der Waals surface area (Å²) < 4.78 is 11.5. The summed E-state index contributed by atoms with van der Waals surface area (Å²) in [5, 5.41) is 6.89. The number of nitrogens with zero attached hydrogens (tertiary/aromatic N) is 2. The molecule has 1 atom stereocenters. The minimum atomic E-state index is 0. The summed E-state index contributed by atoms with van der Waals surface area (Å²) >= 11 is 0. The van der Waals surface area contributed by atoms with Gasteiger partial charge < -0.3 is 19.8 Å². The Balaban J connectivity index is 0.00000341. The summed E-state index contributed by atoms with van der Waals surface area (Å²) in [7, 11) is 0. The predicted octanol–water partition coefficient (Wildman–Crippen LogP) is 4.71. The van der Waals surface area contributed by atoms with Crippen LogP contribution in [-0.4, -0.2) is 43.1 Å². The highest BCUT2D eigenvalue weighted by atomic mass is 127. The minimum Gasteiger partial charge on any atom is -0.468 e. The summed E-state index contributed by atoms with van der Waals surface area (Å²) in [5.41, 5.74) is 2.36.